The van der Waals surface area contributed by atoms with Gasteiger partial charge in [-0.1, -0.05) is 6.07 Å². The molecule has 0 saturated heterocycles. The lowest BCUT2D eigenvalue weighted by molar-refractivity contribution is -0.129. The summed E-state index contributed by atoms with van der Waals surface area (Å²) in [5, 5.41) is 6.08. The number of carbonyl (C=O) groups is 2. The van der Waals surface area contributed by atoms with Crippen LogP contribution in [0.15, 0.2) is 36.5 Å². The average Bonchev–Trinajstić information content (AvgIpc) is 2.82. The molecular weight excluding hydrogens is 347 g/mol. The van der Waals surface area contributed by atoms with Crippen LogP contribution in [-0.4, -0.2) is 34.8 Å². The normalized spacial score (nSPS) is 16.3. The third kappa shape index (κ3) is 4.42. The van der Waals surface area contributed by atoms with Gasteiger partial charge in [-0.3, -0.25) is 9.59 Å². The molecule has 0 aliphatic carbocycles. The summed E-state index contributed by atoms with van der Waals surface area (Å²) in [4.78, 5) is 29.7. The van der Waals surface area contributed by atoms with Gasteiger partial charge >= 0.3 is 0 Å². The first-order chi connectivity index (χ1) is 13.0. The van der Waals surface area contributed by atoms with Crippen LogP contribution in [0.3, 0.4) is 0 Å². The van der Waals surface area contributed by atoms with Crippen LogP contribution in [0.4, 0.5) is 10.2 Å². The maximum atomic E-state index is 13.7. The van der Waals surface area contributed by atoms with Crippen molar-refractivity contribution in [1.29, 1.82) is 0 Å². The van der Waals surface area contributed by atoms with Crippen molar-refractivity contribution in [3.05, 3.63) is 59.0 Å². The monoisotopic (exact) mass is 370 g/mol. The van der Waals surface area contributed by atoms with E-state index in [-0.39, 0.29) is 23.7 Å². The summed E-state index contributed by atoms with van der Waals surface area (Å²) in [5.74, 6) is 0.112. The minimum Gasteiger partial charge on any atom is -0.363 e. The predicted molar refractivity (Wildman–Crippen MR) is 101 cm³/mol. The second-order valence-electron chi connectivity index (χ2n) is 6.56. The lowest BCUT2D eigenvalue weighted by Gasteiger charge is -2.20. The molecule has 7 heteroatoms. The topological polar surface area (TPSA) is 74.3 Å². The second kappa shape index (κ2) is 8.16. The van der Waals surface area contributed by atoms with Crippen molar-refractivity contribution in [3.8, 4) is 0 Å². The first-order valence-electron chi connectivity index (χ1n) is 9.02. The summed E-state index contributed by atoms with van der Waals surface area (Å²) in [6.07, 6.45) is 2.20. The van der Waals surface area contributed by atoms with Crippen LogP contribution in [-0.2, 0) is 11.3 Å². The molecule has 0 radical (unpaired) electrons. The van der Waals surface area contributed by atoms with Crippen molar-refractivity contribution in [2.75, 3.05) is 18.4 Å². The van der Waals surface area contributed by atoms with Crippen molar-refractivity contribution in [2.24, 2.45) is 0 Å². The Balaban J connectivity index is 1.82. The van der Waals surface area contributed by atoms with Gasteiger partial charge in [-0.15, -0.1) is 0 Å². The Morgan fingerprint density at radius 3 is 2.78 bits per heavy atom. The Bertz CT molecular complexity index is 838. The average molecular weight is 370 g/mol. The van der Waals surface area contributed by atoms with E-state index in [0.717, 1.165) is 11.1 Å². The molecule has 6 nitrogen and oxygen atoms in total. The van der Waals surface area contributed by atoms with E-state index in [4.69, 9.17) is 0 Å². The molecule has 1 aliphatic rings. The van der Waals surface area contributed by atoms with Gasteiger partial charge in [0, 0.05) is 32.8 Å². The van der Waals surface area contributed by atoms with E-state index in [1.807, 2.05) is 6.92 Å². The van der Waals surface area contributed by atoms with Gasteiger partial charge in [-0.2, -0.15) is 0 Å². The molecule has 2 amide bonds. The van der Waals surface area contributed by atoms with Gasteiger partial charge in [-0.25, -0.2) is 9.37 Å². The van der Waals surface area contributed by atoms with Gasteiger partial charge in [0.05, 0.1) is 11.6 Å². The molecule has 2 N–H and O–H groups in total. The van der Waals surface area contributed by atoms with Crippen LogP contribution in [0.5, 0.6) is 0 Å². The minimum atomic E-state index is -0.317. The number of fused-ring (bicyclic) bond motifs is 1. The Morgan fingerprint density at radius 1 is 1.30 bits per heavy atom. The van der Waals surface area contributed by atoms with E-state index in [0.29, 0.717) is 37.4 Å². The Kier molecular flexibility index (Phi) is 5.69. The highest BCUT2D eigenvalue weighted by molar-refractivity contribution is 5.94. The van der Waals surface area contributed by atoms with E-state index >= 15 is 0 Å². The highest BCUT2D eigenvalue weighted by atomic mass is 19.1. The number of carbonyl (C=O) groups excluding carboxylic acids is 2. The zero-order valence-electron chi connectivity index (χ0n) is 15.5. The number of nitrogens with one attached hydrogen (secondary N) is 2. The number of halogens is 1. The van der Waals surface area contributed by atoms with Gasteiger partial charge in [-0.05, 0) is 48.7 Å². The molecule has 1 aromatic heterocycles. The van der Waals surface area contributed by atoms with Crippen LogP contribution in [0.2, 0.25) is 0 Å². The number of aromatic nitrogens is 1. The summed E-state index contributed by atoms with van der Waals surface area (Å²) in [5.41, 5.74) is 2.24. The van der Waals surface area contributed by atoms with Gasteiger partial charge in [0.2, 0.25) is 5.91 Å². The molecule has 2 heterocycles. The van der Waals surface area contributed by atoms with Crippen LogP contribution in [0.25, 0.3) is 0 Å². The number of benzene rings is 1. The van der Waals surface area contributed by atoms with Gasteiger partial charge in [0.15, 0.2) is 0 Å². The number of pyridine rings is 1. The van der Waals surface area contributed by atoms with Crippen molar-refractivity contribution in [1.82, 2.24) is 15.2 Å². The lowest BCUT2D eigenvalue weighted by atomic mass is 9.99. The second-order valence-corrected chi connectivity index (χ2v) is 6.56. The summed E-state index contributed by atoms with van der Waals surface area (Å²) < 4.78 is 13.7. The molecule has 0 spiro atoms. The van der Waals surface area contributed by atoms with E-state index < -0.39 is 0 Å². The van der Waals surface area contributed by atoms with Crippen molar-refractivity contribution in [3.63, 3.8) is 0 Å². The Hall–Kier alpha value is -2.96. The maximum Gasteiger partial charge on any atom is 0.252 e. The maximum absolute atomic E-state index is 13.7. The largest absolute Gasteiger partial charge is 0.363 e. The molecule has 0 bridgehead atoms. The number of anilines is 1. The fourth-order valence-electron chi connectivity index (χ4n) is 3.25. The van der Waals surface area contributed by atoms with Gasteiger partial charge in [0.25, 0.3) is 5.91 Å². The van der Waals surface area contributed by atoms with Crippen LogP contribution < -0.4 is 10.6 Å². The molecule has 1 atom stereocenters. The standard InChI is InChI=1S/C20H23FN4O2/c1-3-22-20(27)14-4-7-19(23-11-14)24-18-8-9-25(13(2)26)12-15-10-16(21)5-6-17(15)18/h4-7,10-11,18H,3,8-9,12H2,1-2H3,(H,22,27)(H,23,24). The van der Waals surface area contributed by atoms with E-state index in [9.17, 15) is 14.0 Å². The zero-order valence-corrected chi connectivity index (χ0v) is 15.5. The van der Waals surface area contributed by atoms with Crippen LogP contribution in [0.1, 0.15) is 47.8 Å². The molecule has 1 aromatic carbocycles. The third-order valence-corrected chi connectivity index (χ3v) is 4.66. The number of rotatable bonds is 4. The zero-order chi connectivity index (χ0) is 19.4. The molecular formula is C20H23FN4O2. The van der Waals surface area contributed by atoms with E-state index in [1.54, 1.807) is 23.1 Å². The molecule has 0 saturated carbocycles. The Morgan fingerprint density at radius 2 is 2.11 bits per heavy atom. The molecule has 27 heavy (non-hydrogen) atoms. The first-order valence-corrected chi connectivity index (χ1v) is 9.02. The third-order valence-electron chi connectivity index (χ3n) is 4.66. The van der Waals surface area contributed by atoms with Crippen LogP contribution in [0, 0.1) is 5.82 Å². The smallest absolute Gasteiger partial charge is 0.252 e. The fourth-order valence-corrected chi connectivity index (χ4v) is 3.25. The Labute approximate surface area is 157 Å². The van der Waals surface area contributed by atoms with Gasteiger partial charge < -0.3 is 15.5 Å². The summed E-state index contributed by atoms with van der Waals surface area (Å²) in [6.45, 7) is 4.90. The highest BCUT2D eigenvalue weighted by Crippen LogP contribution is 2.30. The summed E-state index contributed by atoms with van der Waals surface area (Å²) in [7, 11) is 0. The molecule has 0 fully saturated rings. The van der Waals surface area contributed by atoms with Crippen molar-refractivity contribution in [2.45, 2.75) is 32.9 Å². The number of nitrogens with zero attached hydrogens (tertiary/aromatic N) is 2. The number of hydrogen-bond donors (Lipinski definition) is 2. The number of hydrogen-bond acceptors (Lipinski definition) is 4. The van der Waals surface area contributed by atoms with Crippen molar-refractivity contribution >= 4 is 17.6 Å². The summed E-state index contributed by atoms with van der Waals surface area (Å²) >= 11 is 0. The SMILES string of the molecule is CCNC(=O)c1ccc(NC2CCN(C(C)=O)Cc3cc(F)ccc32)nc1. The minimum absolute atomic E-state index is 0.0322. The molecule has 1 aliphatic heterocycles. The molecule has 142 valence electrons. The van der Waals surface area contributed by atoms with E-state index in [1.165, 1.54) is 25.3 Å². The number of amides is 2. The lowest BCUT2D eigenvalue weighted by Crippen LogP contribution is -2.28. The molecule has 1 unspecified atom stereocenters. The van der Waals surface area contributed by atoms with Crippen molar-refractivity contribution < 1.29 is 14.0 Å². The molecule has 2 aromatic rings. The van der Waals surface area contributed by atoms with E-state index in [2.05, 4.69) is 15.6 Å². The van der Waals surface area contributed by atoms with Gasteiger partial charge in [0.1, 0.15) is 11.6 Å². The van der Waals surface area contributed by atoms with Crippen LogP contribution >= 0.6 is 0 Å². The molecule has 3 rings (SSSR count). The quantitative estimate of drug-likeness (QED) is 0.868. The fraction of sp³-hybridized carbons (Fsp3) is 0.350. The first kappa shape index (κ1) is 18.8. The summed E-state index contributed by atoms with van der Waals surface area (Å²) in [6, 6.07) is 8.04. The predicted octanol–water partition coefficient (Wildman–Crippen LogP) is 2.88. The highest BCUT2D eigenvalue weighted by Gasteiger charge is 2.24.